The highest BCUT2D eigenvalue weighted by atomic mass is 16.6. The summed E-state index contributed by atoms with van der Waals surface area (Å²) in [5.41, 5.74) is 0.127. The minimum atomic E-state index is -1.67. The van der Waals surface area contributed by atoms with E-state index in [-0.39, 0.29) is 39.7 Å². The number of hydrogen-bond donors (Lipinski definition) is 0. The van der Waals surface area contributed by atoms with Crippen LogP contribution in [0.1, 0.15) is 103 Å². The summed E-state index contributed by atoms with van der Waals surface area (Å²) >= 11 is 0. The first-order valence-corrected chi connectivity index (χ1v) is 21.9. The van der Waals surface area contributed by atoms with Crippen LogP contribution in [-0.4, -0.2) is 88.2 Å². The average Bonchev–Trinajstić information content (AvgIpc) is 3.30. The summed E-state index contributed by atoms with van der Waals surface area (Å²) in [5, 5.41) is 0. The largest absolute Gasteiger partial charge is 0.493 e. The summed E-state index contributed by atoms with van der Waals surface area (Å²) in [6, 6.07) is 9.81. The monoisotopic (exact) mass is 930 g/mol. The van der Waals surface area contributed by atoms with Gasteiger partial charge in [-0.2, -0.15) is 0 Å². The fourth-order valence-electron chi connectivity index (χ4n) is 6.95. The van der Waals surface area contributed by atoms with Crippen LogP contribution in [0.4, 0.5) is 0 Å². The topological polar surface area (TPSA) is 210 Å². The molecule has 0 spiro atoms. The molecular weight excluding hydrogens is 869 g/mol. The van der Waals surface area contributed by atoms with Crippen molar-refractivity contribution in [3.63, 3.8) is 0 Å². The van der Waals surface area contributed by atoms with Crippen LogP contribution < -0.4 is 14.2 Å². The fraction of sp³-hybridized carbons (Fsp3) is 0.451. The van der Waals surface area contributed by atoms with E-state index in [1.807, 2.05) is 0 Å². The Morgan fingerprint density at radius 1 is 0.612 bits per heavy atom. The second-order valence-electron chi connectivity index (χ2n) is 16.8. The SMILES string of the molecule is C=C(C)C(=O)OCC(COC(=O)CC(=C)C(=O)OC)(COC(=O)CC(=O)C(=O)OC)COc1ccc(-c2cc(OC(=O)C(=C)C)c(C3CCC(CCCCC)CC3)cc2OC(=O)C(=C)C)cc1. The Labute approximate surface area is 391 Å². The maximum atomic E-state index is 13.1. The summed E-state index contributed by atoms with van der Waals surface area (Å²) in [6.45, 7) is 18.9. The number of carbonyl (C=O) groups is 8. The molecule has 0 heterocycles. The van der Waals surface area contributed by atoms with E-state index in [4.69, 9.17) is 28.4 Å². The van der Waals surface area contributed by atoms with Crippen molar-refractivity contribution in [1.29, 1.82) is 0 Å². The zero-order chi connectivity index (χ0) is 49.8. The zero-order valence-corrected chi connectivity index (χ0v) is 39.4. The van der Waals surface area contributed by atoms with Crippen LogP contribution in [0.5, 0.6) is 17.2 Å². The van der Waals surface area contributed by atoms with Gasteiger partial charge in [-0.3, -0.25) is 14.4 Å². The molecule has 1 atom stereocenters. The molecule has 0 N–H and O–H groups in total. The lowest BCUT2D eigenvalue weighted by Crippen LogP contribution is -2.44. The Bertz CT molecular complexity index is 2160. The second kappa shape index (κ2) is 26.3. The minimum Gasteiger partial charge on any atom is -0.493 e. The number of unbranched alkanes of at least 4 members (excludes halogenated alkanes) is 2. The summed E-state index contributed by atoms with van der Waals surface area (Å²) in [6.07, 6.45) is 6.85. The molecule has 362 valence electrons. The smallest absolute Gasteiger partial charge is 0.374 e. The number of hydrogen-bond acceptors (Lipinski definition) is 16. The Hall–Kier alpha value is -6.84. The van der Waals surface area contributed by atoms with E-state index < -0.39 is 92.3 Å². The van der Waals surface area contributed by atoms with Gasteiger partial charge in [-0.15, -0.1) is 0 Å². The summed E-state index contributed by atoms with van der Waals surface area (Å²) in [7, 11) is 2.07. The molecule has 0 saturated heterocycles. The van der Waals surface area contributed by atoms with E-state index in [0.29, 0.717) is 22.8 Å². The van der Waals surface area contributed by atoms with Gasteiger partial charge in [-0.1, -0.05) is 71.1 Å². The summed E-state index contributed by atoms with van der Waals surface area (Å²) < 4.78 is 43.3. The van der Waals surface area contributed by atoms with E-state index in [9.17, 15) is 38.4 Å². The zero-order valence-electron chi connectivity index (χ0n) is 39.4. The molecule has 1 unspecified atom stereocenters. The first-order chi connectivity index (χ1) is 31.7. The number of Topliss-reactive ketones (excluding diaryl/α,β-unsaturated/α-hetero) is 1. The van der Waals surface area contributed by atoms with Crippen LogP contribution in [0.25, 0.3) is 11.1 Å². The molecule has 1 saturated carbocycles. The molecule has 2 aromatic carbocycles. The first-order valence-electron chi connectivity index (χ1n) is 21.9. The summed E-state index contributed by atoms with van der Waals surface area (Å²) in [5.74, 6) is -6.20. The average molecular weight is 931 g/mol. The second-order valence-corrected chi connectivity index (χ2v) is 16.8. The van der Waals surface area contributed by atoms with Crippen LogP contribution in [0.2, 0.25) is 0 Å². The van der Waals surface area contributed by atoms with Gasteiger partial charge in [0.1, 0.15) is 55.5 Å². The first kappa shape index (κ1) is 54.5. The van der Waals surface area contributed by atoms with E-state index in [0.717, 1.165) is 58.3 Å². The van der Waals surface area contributed by atoms with Crippen molar-refractivity contribution in [1.82, 2.24) is 0 Å². The van der Waals surface area contributed by atoms with Crippen LogP contribution in [0, 0.1) is 11.3 Å². The molecule has 16 nitrogen and oxygen atoms in total. The van der Waals surface area contributed by atoms with Gasteiger partial charge in [-0.25, -0.2) is 24.0 Å². The lowest BCUT2D eigenvalue weighted by Gasteiger charge is -2.32. The van der Waals surface area contributed by atoms with Gasteiger partial charge in [0, 0.05) is 33.4 Å². The predicted octanol–water partition coefficient (Wildman–Crippen LogP) is 7.99. The van der Waals surface area contributed by atoms with Crippen molar-refractivity contribution < 1.29 is 76.3 Å². The maximum absolute atomic E-state index is 13.1. The van der Waals surface area contributed by atoms with Crippen molar-refractivity contribution in [3.8, 4) is 28.4 Å². The van der Waals surface area contributed by atoms with Crippen molar-refractivity contribution in [3.05, 3.63) is 90.6 Å². The highest BCUT2D eigenvalue weighted by molar-refractivity contribution is 6.36. The molecule has 1 aliphatic carbocycles. The summed E-state index contributed by atoms with van der Waals surface area (Å²) in [4.78, 5) is 100. The lowest BCUT2D eigenvalue weighted by molar-refractivity contribution is -0.165. The third kappa shape index (κ3) is 17.2. The lowest BCUT2D eigenvalue weighted by atomic mass is 9.76. The van der Waals surface area contributed by atoms with Crippen molar-refractivity contribution in [2.45, 2.75) is 97.8 Å². The number of ether oxygens (including phenoxy) is 8. The number of carbonyl (C=O) groups excluding carboxylic acids is 8. The number of benzene rings is 2. The predicted molar refractivity (Wildman–Crippen MR) is 245 cm³/mol. The highest BCUT2D eigenvalue weighted by Gasteiger charge is 2.38. The Balaban J connectivity index is 2.05. The third-order valence-electron chi connectivity index (χ3n) is 10.9. The molecule has 0 bridgehead atoms. The van der Waals surface area contributed by atoms with Crippen LogP contribution in [0.15, 0.2) is 85.0 Å². The highest BCUT2D eigenvalue weighted by Crippen LogP contribution is 2.46. The van der Waals surface area contributed by atoms with Gasteiger partial charge in [0.25, 0.3) is 5.78 Å². The van der Waals surface area contributed by atoms with Crippen molar-refractivity contribution in [2.75, 3.05) is 40.6 Å². The molecule has 67 heavy (non-hydrogen) atoms. The molecule has 0 radical (unpaired) electrons. The quantitative estimate of drug-likeness (QED) is 0.0166. The van der Waals surface area contributed by atoms with Crippen LogP contribution in [-0.2, 0) is 62.0 Å². The normalized spacial score (nSPS) is 15.0. The number of rotatable bonds is 26. The van der Waals surface area contributed by atoms with Crippen LogP contribution in [0.3, 0.4) is 0 Å². The van der Waals surface area contributed by atoms with Gasteiger partial charge in [-0.05, 0) is 88.1 Å². The molecular formula is C51H62O16. The van der Waals surface area contributed by atoms with Crippen molar-refractivity contribution >= 4 is 47.6 Å². The van der Waals surface area contributed by atoms with Crippen molar-refractivity contribution in [2.24, 2.45) is 11.3 Å². The van der Waals surface area contributed by atoms with Gasteiger partial charge in [0.05, 0.1) is 20.6 Å². The van der Waals surface area contributed by atoms with Gasteiger partial charge >= 0.3 is 41.8 Å². The number of ketones is 1. The number of methoxy groups -OCH3 is 2. The van der Waals surface area contributed by atoms with E-state index >= 15 is 0 Å². The molecule has 3 rings (SSSR count). The molecule has 16 heteroatoms. The molecule has 0 amide bonds. The minimum absolute atomic E-state index is 0.0153. The van der Waals surface area contributed by atoms with Gasteiger partial charge in [0.15, 0.2) is 0 Å². The molecule has 0 aliphatic heterocycles. The Morgan fingerprint density at radius 2 is 1.15 bits per heavy atom. The van der Waals surface area contributed by atoms with E-state index in [2.05, 4.69) is 42.7 Å². The molecule has 2 aromatic rings. The Morgan fingerprint density at radius 3 is 1.69 bits per heavy atom. The third-order valence-corrected chi connectivity index (χ3v) is 10.9. The number of esters is 7. The standard InChI is InChI=1S/C51H62O16/c1-11-12-13-14-35-15-17-36(18-16-35)39-24-43(67-48(57)33(6)7)40(25-42(39)66-47(56)32(4)5)37-19-21-38(22-20-37)62-27-51(30-65-46(55)31(2)3,28-63-44(53)23-34(8)49(58)60-9)29-64-45(54)26-41(52)50(59)61-10/h19-22,24-25,35-36H,2,4,6,8,11-18,23,26-30H2,1,3,5,7,9-10H3. The molecule has 0 aromatic heterocycles. The maximum Gasteiger partial charge on any atom is 0.374 e. The van der Waals surface area contributed by atoms with E-state index in [1.165, 1.54) is 26.7 Å². The molecule has 1 aliphatic rings. The Kier molecular flexibility index (Phi) is 21.4. The van der Waals surface area contributed by atoms with E-state index in [1.54, 1.807) is 43.3 Å². The van der Waals surface area contributed by atoms with Crippen LogP contribution >= 0.6 is 0 Å². The fourth-order valence-corrected chi connectivity index (χ4v) is 6.95. The van der Waals surface area contributed by atoms with Gasteiger partial charge in [0.2, 0.25) is 0 Å². The molecule has 1 fully saturated rings. The van der Waals surface area contributed by atoms with Gasteiger partial charge < -0.3 is 37.9 Å².